The number of amides is 2. The minimum atomic E-state index is -1.00. The lowest BCUT2D eigenvalue weighted by molar-refractivity contribution is -0.125. The lowest BCUT2D eigenvalue weighted by Gasteiger charge is -2.31. The first-order valence-electron chi connectivity index (χ1n) is 3.90. The van der Waals surface area contributed by atoms with Crippen LogP contribution in [0.2, 0.25) is 0 Å². The van der Waals surface area contributed by atoms with Gasteiger partial charge in [-0.1, -0.05) is 0 Å². The normalized spacial score (nSPS) is 25.3. The van der Waals surface area contributed by atoms with Crippen LogP contribution in [-0.4, -0.2) is 40.6 Å². The largest absolute Gasteiger partial charge is 0.465 e. The van der Waals surface area contributed by atoms with Gasteiger partial charge < -0.3 is 10.4 Å². The molecule has 0 bridgehead atoms. The highest BCUT2D eigenvalue weighted by molar-refractivity contribution is 5.84. The Bertz CT molecular complexity index is 247. The van der Waals surface area contributed by atoms with Crippen LogP contribution in [0.1, 0.15) is 12.8 Å². The van der Waals surface area contributed by atoms with E-state index < -0.39 is 6.09 Å². The van der Waals surface area contributed by atoms with Crippen LogP contribution in [0.15, 0.2) is 0 Å². The van der Waals surface area contributed by atoms with Gasteiger partial charge in [0.15, 0.2) is 0 Å². The summed E-state index contributed by atoms with van der Waals surface area (Å²) in [7, 11) is 0. The average molecular weight is 170 g/mol. The molecule has 1 aliphatic carbocycles. The molecule has 2 N–H and O–H groups in total. The quantitative estimate of drug-likeness (QED) is 0.521. The third-order valence-electron chi connectivity index (χ3n) is 2.36. The summed E-state index contributed by atoms with van der Waals surface area (Å²) in [5.74, 6) is -0.179. The molecule has 1 heterocycles. The summed E-state index contributed by atoms with van der Waals surface area (Å²) in [6, 6.07) is 0. The summed E-state index contributed by atoms with van der Waals surface area (Å²) in [6.07, 6.45) is 0.807. The van der Waals surface area contributed by atoms with Crippen LogP contribution in [0.5, 0.6) is 0 Å². The van der Waals surface area contributed by atoms with Gasteiger partial charge in [0.2, 0.25) is 5.91 Å². The summed E-state index contributed by atoms with van der Waals surface area (Å²) in [5, 5.41) is 11.5. The molecule has 1 saturated heterocycles. The van der Waals surface area contributed by atoms with Gasteiger partial charge >= 0.3 is 6.09 Å². The fourth-order valence-electron chi connectivity index (χ4n) is 1.54. The monoisotopic (exact) mass is 170 g/mol. The molecule has 0 aromatic carbocycles. The van der Waals surface area contributed by atoms with Crippen LogP contribution in [0.4, 0.5) is 4.79 Å². The van der Waals surface area contributed by atoms with Crippen molar-refractivity contribution in [2.75, 3.05) is 13.1 Å². The molecule has 0 aromatic rings. The first-order valence-corrected chi connectivity index (χ1v) is 3.90. The van der Waals surface area contributed by atoms with Crippen molar-refractivity contribution in [2.45, 2.75) is 18.4 Å². The zero-order valence-corrected chi connectivity index (χ0v) is 6.54. The molecule has 0 atom stereocenters. The van der Waals surface area contributed by atoms with Gasteiger partial charge in [-0.25, -0.2) is 4.79 Å². The molecule has 0 aromatic heterocycles. The number of nitrogens with zero attached hydrogens (tertiary/aromatic N) is 1. The maximum Gasteiger partial charge on any atom is 0.407 e. The van der Waals surface area contributed by atoms with Gasteiger partial charge in [-0.15, -0.1) is 0 Å². The van der Waals surface area contributed by atoms with E-state index in [1.165, 1.54) is 4.90 Å². The Morgan fingerprint density at radius 1 is 1.58 bits per heavy atom. The number of carbonyl (C=O) groups is 2. The molecule has 1 aliphatic heterocycles. The maximum absolute atomic E-state index is 11.0. The van der Waals surface area contributed by atoms with Gasteiger partial charge in [-0.05, 0) is 12.8 Å². The van der Waals surface area contributed by atoms with Crippen LogP contribution in [0.25, 0.3) is 0 Å². The number of hydrogen-bond donors (Lipinski definition) is 2. The minimum Gasteiger partial charge on any atom is -0.465 e. The van der Waals surface area contributed by atoms with Crippen molar-refractivity contribution < 1.29 is 14.7 Å². The van der Waals surface area contributed by atoms with Crippen molar-refractivity contribution in [2.24, 2.45) is 0 Å². The zero-order chi connectivity index (χ0) is 8.77. The Morgan fingerprint density at radius 3 is 2.75 bits per heavy atom. The van der Waals surface area contributed by atoms with Crippen molar-refractivity contribution in [3.05, 3.63) is 0 Å². The zero-order valence-electron chi connectivity index (χ0n) is 6.54. The number of rotatable bonds is 0. The van der Waals surface area contributed by atoms with Crippen LogP contribution >= 0.6 is 0 Å². The van der Waals surface area contributed by atoms with Gasteiger partial charge in [0, 0.05) is 6.54 Å². The van der Waals surface area contributed by atoms with Crippen LogP contribution < -0.4 is 5.32 Å². The highest BCUT2D eigenvalue weighted by atomic mass is 16.4. The average Bonchev–Trinajstić information content (AvgIpc) is 2.67. The van der Waals surface area contributed by atoms with Gasteiger partial charge in [0.05, 0.1) is 5.54 Å². The fraction of sp³-hybridized carbons (Fsp3) is 0.714. The Hall–Kier alpha value is -1.26. The van der Waals surface area contributed by atoms with Gasteiger partial charge in [-0.2, -0.15) is 0 Å². The van der Waals surface area contributed by atoms with E-state index in [-0.39, 0.29) is 18.0 Å². The molecule has 66 valence electrons. The Morgan fingerprint density at radius 2 is 2.25 bits per heavy atom. The third kappa shape index (κ3) is 1.11. The number of carboxylic acid groups (broad SMARTS) is 1. The second-order valence-corrected chi connectivity index (χ2v) is 3.47. The number of hydrogen-bond acceptors (Lipinski definition) is 2. The van der Waals surface area contributed by atoms with E-state index in [2.05, 4.69) is 5.32 Å². The summed E-state index contributed by atoms with van der Waals surface area (Å²) < 4.78 is 0. The molecular weight excluding hydrogens is 160 g/mol. The predicted molar refractivity (Wildman–Crippen MR) is 39.7 cm³/mol. The van der Waals surface area contributed by atoms with Crippen molar-refractivity contribution in [3.8, 4) is 0 Å². The fourth-order valence-corrected chi connectivity index (χ4v) is 1.54. The first kappa shape index (κ1) is 7.39. The van der Waals surface area contributed by atoms with E-state index in [0.29, 0.717) is 6.54 Å². The van der Waals surface area contributed by atoms with Crippen molar-refractivity contribution in [1.82, 2.24) is 10.2 Å². The van der Waals surface area contributed by atoms with Crippen molar-refractivity contribution in [3.63, 3.8) is 0 Å². The Labute approximate surface area is 69.3 Å². The molecule has 1 spiro atoms. The van der Waals surface area contributed by atoms with E-state index >= 15 is 0 Å². The van der Waals surface area contributed by atoms with E-state index in [0.717, 1.165) is 12.8 Å². The van der Waals surface area contributed by atoms with E-state index in [9.17, 15) is 9.59 Å². The lowest BCUT2D eigenvalue weighted by atomic mass is 10.2. The van der Waals surface area contributed by atoms with Crippen LogP contribution in [0, 0.1) is 0 Å². The predicted octanol–water partition coefficient (Wildman–Crippen LogP) is -0.371. The standard InChI is InChI=1S/C7H10N2O3/c10-5-3-9(6(11)12)4-7(8-5)1-2-7/h1-4H2,(H,8,10)(H,11,12). The summed E-state index contributed by atoms with van der Waals surface area (Å²) in [5.41, 5.74) is -0.201. The molecule has 5 nitrogen and oxygen atoms in total. The second-order valence-electron chi connectivity index (χ2n) is 3.47. The topological polar surface area (TPSA) is 69.6 Å². The highest BCUT2D eigenvalue weighted by Crippen LogP contribution is 2.37. The summed E-state index contributed by atoms with van der Waals surface area (Å²) >= 11 is 0. The molecule has 5 heteroatoms. The smallest absolute Gasteiger partial charge is 0.407 e. The van der Waals surface area contributed by atoms with E-state index in [1.807, 2.05) is 0 Å². The minimum absolute atomic E-state index is 0.0168. The lowest BCUT2D eigenvalue weighted by Crippen LogP contribution is -2.57. The van der Waals surface area contributed by atoms with Crippen LogP contribution in [0.3, 0.4) is 0 Å². The molecule has 0 radical (unpaired) electrons. The number of nitrogens with one attached hydrogen (secondary N) is 1. The van der Waals surface area contributed by atoms with Gasteiger partial charge in [0.25, 0.3) is 0 Å². The molecule has 2 aliphatic rings. The Kier molecular flexibility index (Phi) is 1.31. The van der Waals surface area contributed by atoms with Crippen LogP contribution in [-0.2, 0) is 4.79 Å². The SMILES string of the molecule is O=C1CN(C(=O)O)CC2(CC2)N1. The van der Waals surface area contributed by atoms with Crippen molar-refractivity contribution >= 4 is 12.0 Å². The second kappa shape index (κ2) is 2.12. The highest BCUT2D eigenvalue weighted by Gasteiger charge is 2.49. The van der Waals surface area contributed by atoms with Gasteiger partial charge in [-0.3, -0.25) is 9.69 Å². The molecule has 0 unspecified atom stereocenters. The Balaban J connectivity index is 2.09. The van der Waals surface area contributed by atoms with Crippen molar-refractivity contribution in [1.29, 1.82) is 0 Å². The maximum atomic E-state index is 11.0. The third-order valence-corrected chi connectivity index (χ3v) is 2.36. The number of carbonyl (C=O) groups excluding carboxylic acids is 1. The van der Waals surface area contributed by atoms with E-state index in [4.69, 9.17) is 5.11 Å². The molecule has 2 amide bonds. The molecule has 12 heavy (non-hydrogen) atoms. The van der Waals surface area contributed by atoms with E-state index in [1.54, 1.807) is 0 Å². The summed E-state index contributed by atoms with van der Waals surface area (Å²) in [4.78, 5) is 22.8. The summed E-state index contributed by atoms with van der Waals surface area (Å²) in [6.45, 7) is 0.436. The number of piperazine rings is 1. The molecule has 2 fully saturated rings. The molecule has 2 rings (SSSR count). The van der Waals surface area contributed by atoms with Gasteiger partial charge in [0.1, 0.15) is 6.54 Å². The molecular formula is C7H10N2O3. The first-order chi connectivity index (χ1) is 5.61. The molecule has 1 saturated carbocycles.